The second kappa shape index (κ2) is 5.45. The monoisotopic (exact) mass is 271 g/mol. The number of anilines is 1. The molecule has 0 bridgehead atoms. The van der Waals surface area contributed by atoms with Crippen molar-refractivity contribution in [1.29, 1.82) is 0 Å². The highest BCUT2D eigenvalue weighted by atomic mass is 16.3. The molecule has 3 N–H and O–H groups in total. The van der Waals surface area contributed by atoms with Crippen LogP contribution in [0, 0.1) is 20.8 Å². The molecular formula is C17H21NO2. The van der Waals surface area contributed by atoms with Crippen molar-refractivity contribution < 1.29 is 10.2 Å². The third kappa shape index (κ3) is 2.87. The molecule has 106 valence electrons. The van der Waals surface area contributed by atoms with Crippen molar-refractivity contribution in [3.63, 3.8) is 0 Å². The van der Waals surface area contributed by atoms with Crippen molar-refractivity contribution in [1.82, 2.24) is 0 Å². The quantitative estimate of drug-likeness (QED) is 0.784. The van der Waals surface area contributed by atoms with Crippen LogP contribution in [0.25, 0.3) is 0 Å². The van der Waals surface area contributed by atoms with E-state index in [0.29, 0.717) is 0 Å². The number of hydrogen-bond acceptors (Lipinski definition) is 3. The number of phenolic OH excluding ortho intramolecular Hbond substituents is 2. The van der Waals surface area contributed by atoms with Gasteiger partial charge in [0.2, 0.25) is 0 Å². The Balaban J connectivity index is 2.30. The van der Waals surface area contributed by atoms with Crippen LogP contribution in [0.3, 0.4) is 0 Å². The highest BCUT2D eigenvalue weighted by Gasteiger charge is 2.13. The Kier molecular flexibility index (Phi) is 3.89. The Bertz CT molecular complexity index is 612. The molecule has 0 radical (unpaired) electrons. The number of aromatic hydroxyl groups is 2. The minimum absolute atomic E-state index is 0.0456. The summed E-state index contributed by atoms with van der Waals surface area (Å²) in [6.45, 7) is 8.22. The predicted molar refractivity (Wildman–Crippen MR) is 82.5 cm³/mol. The largest absolute Gasteiger partial charge is 0.508 e. The van der Waals surface area contributed by atoms with E-state index >= 15 is 0 Å². The molecule has 0 saturated carbocycles. The first-order valence-electron chi connectivity index (χ1n) is 6.74. The minimum atomic E-state index is -0.0456. The fourth-order valence-corrected chi connectivity index (χ4v) is 2.60. The predicted octanol–water partition coefficient (Wildman–Crippen LogP) is 4.20. The van der Waals surface area contributed by atoms with Crippen LogP contribution in [0.15, 0.2) is 30.3 Å². The first-order valence-corrected chi connectivity index (χ1v) is 6.74. The molecule has 2 rings (SSSR count). The van der Waals surface area contributed by atoms with Gasteiger partial charge in [-0.15, -0.1) is 0 Å². The number of rotatable bonds is 3. The van der Waals surface area contributed by atoms with Gasteiger partial charge in [0.05, 0.1) is 6.04 Å². The van der Waals surface area contributed by atoms with E-state index in [1.807, 2.05) is 6.92 Å². The van der Waals surface area contributed by atoms with E-state index in [1.54, 1.807) is 12.1 Å². The standard InChI is InChI=1S/C17H21NO2/c1-10-7-11(2)17(12(3)8-10)18-13(4)15-6-5-14(19)9-16(15)20/h5-9,13,18-20H,1-4H3. The number of benzene rings is 2. The maximum atomic E-state index is 9.92. The average Bonchev–Trinajstić information content (AvgIpc) is 2.33. The van der Waals surface area contributed by atoms with Crippen LogP contribution in [0.2, 0.25) is 0 Å². The first-order chi connectivity index (χ1) is 9.38. The zero-order chi connectivity index (χ0) is 14.9. The van der Waals surface area contributed by atoms with Crippen LogP contribution >= 0.6 is 0 Å². The van der Waals surface area contributed by atoms with Crippen molar-refractivity contribution in [3.8, 4) is 11.5 Å². The van der Waals surface area contributed by atoms with Gasteiger partial charge in [0.1, 0.15) is 11.5 Å². The van der Waals surface area contributed by atoms with E-state index in [0.717, 1.165) is 11.3 Å². The highest BCUT2D eigenvalue weighted by molar-refractivity contribution is 5.59. The summed E-state index contributed by atoms with van der Waals surface area (Å²) in [5.74, 6) is 0.175. The molecule has 3 heteroatoms. The van der Waals surface area contributed by atoms with Crippen LogP contribution < -0.4 is 5.32 Å². The molecular weight excluding hydrogens is 250 g/mol. The first kappa shape index (κ1) is 14.3. The van der Waals surface area contributed by atoms with Crippen molar-refractivity contribution in [2.45, 2.75) is 33.7 Å². The summed E-state index contributed by atoms with van der Waals surface area (Å²) >= 11 is 0. The minimum Gasteiger partial charge on any atom is -0.508 e. The Hall–Kier alpha value is -2.16. The fourth-order valence-electron chi connectivity index (χ4n) is 2.60. The van der Waals surface area contributed by atoms with Gasteiger partial charge >= 0.3 is 0 Å². The lowest BCUT2D eigenvalue weighted by molar-refractivity contribution is 0.444. The number of phenols is 2. The fraction of sp³-hybridized carbons (Fsp3) is 0.294. The van der Waals surface area contributed by atoms with E-state index in [4.69, 9.17) is 0 Å². The topological polar surface area (TPSA) is 52.5 Å². The van der Waals surface area contributed by atoms with Gasteiger partial charge in [-0.1, -0.05) is 17.7 Å². The molecule has 0 spiro atoms. The lowest BCUT2D eigenvalue weighted by Gasteiger charge is -2.20. The van der Waals surface area contributed by atoms with Crippen LogP contribution in [0.4, 0.5) is 5.69 Å². The molecule has 1 atom stereocenters. The van der Waals surface area contributed by atoms with Gasteiger partial charge in [0, 0.05) is 17.3 Å². The SMILES string of the molecule is Cc1cc(C)c(NC(C)c2ccc(O)cc2O)c(C)c1. The third-order valence-electron chi connectivity index (χ3n) is 3.52. The lowest BCUT2D eigenvalue weighted by atomic mass is 10.0. The van der Waals surface area contributed by atoms with Gasteiger partial charge in [-0.05, 0) is 51.0 Å². The molecule has 0 aliphatic rings. The van der Waals surface area contributed by atoms with Crippen molar-refractivity contribution in [2.75, 3.05) is 5.32 Å². The molecule has 0 fully saturated rings. The van der Waals surface area contributed by atoms with Gasteiger partial charge in [-0.2, -0.15) is 0 Å². The summed E-state index contributed by atoms with van der Waals surface area (Å²) in [4.78, 5) is 0. The lowest BCUT2D eigenvalue weighted by Crippen LogP contribution is -2.09. The highest BCUT2D eigenvalue weighted by Crippen LogP contribution is 2.32. The van der Waals surface area contributed by atoms with E-state index in [9.17, 15) is 10.2 Å². The van der Waals surface area contributed by atoms with Crippen molar-refractivity contribution in [3.05, 3.63) is 52.6 Å². The molecule has 0 aromatic heterocycles. The number of nitrogens with one attached hydrogen (secondary N) is 1. The van der Waals surface area contributed by atoms with Crippen LogP contribution in [0.5, 0.6) is 11.5 Å². The zero-order valence-corrected chi connectivity index (χ0v) is 12.4. The molecule has 0 heterocycles. The molecule has 0 amide bonds. The molecule has 1 unspecified atom stereocenters. The average molecular weight is 271 g/mol. The Labute approximate surface area is 119 Å². The number of aryl methyl sites for hydroxylation is 3. The van der Waals surface area contributed by atoms with Crippen molar-refractivity contribution >= 4 is 5.69 Å². The molecule has 20 heavy (non-hydrogen) atoms. The van der Waals surface area contributed by atoms with Gasteiger partial charge in [-0.3, -0.25) is 0 Å². The van der Waals surface area contributed by atoms with E-state index in [-0.39, 0.29) is 17.5 Å². The van der Waals surface area contributed by atoms with Gasteiger partial charge in [0.15, 0.2) is 0 Å². The Morgan fingerprint density at radius 2 is 1.55 bits per heavy atom. The van der Waals surface area contributed by atoms with E-state index in [2.05, 4.69) is 38.2 Å². The van der Waals surface area contributed by atoms with Crippen molar-refractivity contribution in [2.24, 2.45) is 0 Å². The summed E-state index contributed by atoms with van der Waals surface area (Å²) in [6.07, 6.45) is 0. The van der Waals surface area contributed by atoms with E-state index in [1.165, 1.54) is 22.8 Å². The maximum Gasteiger partial charge on any atom is 0.124 e. The van der Waals surface area contributed by atoms with Crippen LogP contribution in [0.1, 0.15) is 35.2 Å². The summed E-state index contributed by atoms with van der Waals surface area (Å²) in [6, 6.07) is 8.92. The second-order valence-corrected chi connectivity index (χ2v) is 5.38. The zero-order valence-electron chi connectivity index (χ0n) is 12.4. The number of hydrogen-bond donors (Lipinski definition) is 3. The summed E-state index contributed by atoms with van der Waals surface area (Å²) < 4.78 is 0. The normalized spacial score (nSPS) is 12.2. The van der Waals surface area contributed by atoms with Crippen LogP contribution in [-0.2, 0) is 0 Å². The Morgan fingerprint density at radius 3 is 2.10 bits per heavy atom. The Morgan fingerprint density at radius 1 is 0.950 bits per heavy atom. The molecule has 0 aliphatic carbocycles. The van der Waals surface area contributed by atoms with Crippen LogP contribution in [-0.4, -0.2) is 10.2 Å². The summed E-state index contributed by atoms with van der Waals surface area (Å²) in [5, 5.41) is 22.7. The molecule has 2 aromatic carbocycles. The summed E-state index contributed by atoms with van der Waals surface area (Å²) in [5.41, 5.74) is 5.48. The molecule has 3 nitrogen and oxygen atoms in total. The maximum absolute atomic E-state index is 9.92. The molecule has 0 aliphatic heterocycles. The third-order valence-corrected chi connectivity index (χ3v) is 3.52. The van der Waals surface area contributed by atoms with Gasteiger partial charge in [-0.25, -0.2) is 0 Å². The van der Waals surface area contributed by atoms with Gasteiger partial charge < -0.3 is 15.5 Å². The van der Waals surface area contributed by atoms with E-state index < -0.39 is 0 Å². The van der Waals surface area contributed by atoms with Gasteiger partial charge in [0.25, 0.3) is 0 Å². The molecule has 2 aromatic rings. The second-order valence-electron chi connectivity index (χ2n) is 5.38. The smallest absolute Gasteiger partial charge is 0.124 e. The molecule has 0 saturated heterocycles. The summed E-state index contributed by atoms with van der Waals surface area (Å²) in [7, 11) is 0.